The molecule has 0 aromatic rings. The first kappa shape index (κ1) is 15.3. The Hall–Kier alpha value is -1.10. The van der Waals surface area contributed by atoms with Crippen molar-refractivity contribution in [1.29, 1.82) is 0 Å². The lowest BCUT2D eigenvalue weighted by Crippen LogP contribution is -2.44. The van der Waals surface area contributed by atoms with E-state index in [1.54, 1.807) is 7.11 Å². The molecule has 5 heteroatoms. The van der Waals surface area contributed by atoms with E-state index in [0.717, 1.165) is 45.2 Å². The lowest BCUT2D eigenvalue weighted by Gasteiger charge is -2.35. The van der Waals surface area contributed by atoms with Gasteiger partial charge in [0, 0.05) is 33.2 Å². The molecule has 5 nitrogen and oxygen atoms in total. The molecule has 2 aliphatic rings. The zero-order valence-electron chi connectivity index (χ0n) is 12.3. The van der Waals surface area contributed by atoms with Crippen LogP contribution in [0.2, 0.25) is 0 Å². The van der Waals surface area contributed by atoms with Crippen LogP contribution in [0.4, 0.5) is 0 Å². The normalized spacial score (nSPS) is 24.4. The first-order chi connectivity index (χ1) is 9.57. The molecule has 1 aliphatic carbocycles. The maximum atomic E-state index is 12.6. The molecule has 2 fully saturated rings. The van der Waals surface area contributed by atoms with Gasteiger partial charge < -0.3 is 14.7 Å². The van der Waals surface area contributed by atoms with E-state index in [1.807, 2.05) is 4.90 Å². The van der Waals surface area contributed by atoms with Gasteiger partial charge in [0.1, 0.15) is 0 Å². The zero-order chi connectivity index (χ0) is 14.6. The summed E-state index contributed by atoms with van der Waals surface area (Å²) in [7, 11) is 1.67. The van der Waals surface area contributed by atoms with Crippen molar-refractivity contribution in [3.05, 3.63) is 0 Å². The highest BCUT2D eigenvalue weighted by Gasteiger charge is 2.51. The van der Waals surface area contributed by atoms with E-state index in [4.69, 9.17) is 9.84 Å². The van der Waals surface area contributed by atoms with Crippen LogP contribution in [0, 0.1) is 11.3 Å². The number of aliphatic carboxylic acids is 1. The van der Waals surface area contributed by atoms with Crippen molar-refractivity contribution >= 4 is 11.9 Å². The largest absolute Gasteiger partial charge is 0.481 e. The topological polar surface area (TPSA) is 66.8 Å². The fourth-order valence-electron chi connectivity index (χ4n) is 3.17. The molecule has 0 spiro atoms. The van der Waals surface area contributed by atoms with E-state index in [0.29, 0.717) is 18.9 Å². The second-order valence-electron chi connectivity index (χ2n) is 6.21. The van der Waals surface area contributed by atoms with Crippen molar-refractivity contribution < 1.29 is 19.4 Å². The van der Waals surface area contributed by atoms with Gasteiger partial charge in [-0.25, -0.2) is 0 Å². The van der Waals surface area contributed by atoms with Gasteiger partial charge in [0.05, 0.1) is 5.41 Å². The number of carboxylic acid groups (broad SMARTS) is 1. The third-order valence-corrected chi connectivity index (χ3v) is 4.66. The van der Waals surface area contributed by atoms with Crippen LogP contribution < -0.4 is 0 Å². The Morgan fingerprint density at radius 2 is 2.15 bits per heavy atom. The number of carbonyl (C=O) groups is 2. The summed E-state index contributed by atoms with van der Waals surface area (Å²) in [6.45, 7) is 2.21. The minimum Gasteiger partial charge on any atom is -0.481 e. The van der Waals surface area contributed by atoms with Crippen LogP contribution >= 0.6 is 0 Å². The van der Waals surface area contributed by atoms with Crippen LogP contribution in [0.15, 0.2) is 0 Å². The van der Waals surface area contributed by atoms with Gasteiger partial charge in [-0.1, -0.05) is 0 Å². The molecule has 0 aromatic heterocycles. The summed E-state index contributed by atoms with van der Waals surface area (Å²) in [6, 6.07) is 0. The van der Waals surface area contributed by atoms with Crippen LogP contribution in [0.5, 0.6) is 0 Å². The van der Waals surface area contributed by atoms with Crippen molar-refractivity contribution in [3.8, 4) is 0 Å². The number of amides is 1. The SMILES string of the molecule is COCCC1(C(=O)N2CCCC(CCC(=O)O)C2)CC1. The van der Waals surface area contributed by atoms with E-state index in [-0.39, 0.29) is 17.7 Å². The average molecular weight is 283 g/mol. The number of nitrogens with zero attached hydrogens (tertiary/aromatic N) is 1. The van der Waals surface area contributed by atoms with E-state index in [1.165, 1.54) is 0 Å². The van der Waals surface area contributed by atoms with Crippen molar-refractivity contribution in [2.45, 2.75) is 44.9 Å². The minimum absolute atomic E-state index is 0.162. The van der Waals surface area contributed by atoms with Gasteiger partial charge >= 0.3 is 5.97 Å². The number of hydrogen-bond acceptors (Lipinski definition) is 3. The first-order valence-electron chi connectivity index (χ1n) is 7.57. The molecule has 1 amide bonds. The van der Waals surface area contributed by atoms with Crippen molar-refractivity contribution in [1.82, 2.24) is 4.90 Å². The van der Waals surface area contributed by atoms with E-state index in [2.05, 4.69) is 0 Å². The summed E-state index contributed by atoms with van der Waals surface area (Å²) >= 11 is 0. The number of rotatable bonds is 7. The molecule has 0 bridgehead atoms. The van der Waals surface area contributed by atoms with Crippen LogP contribution in [0.25, 0.3) is 0 Å². The maximum Gasteiger partial charge on any atom is 0.303 e. The van der Waals surface area contributed by atoms with Gasteiger partial charge in [-0.2, -0.15) is 0 Å². The van der Waals surface area contributed by atoms with Gasteiger partial charge in [0.2, 0.25) is 5.91 Å². The summed E-state index contributed by atoms with van der Waals surface area (Å²) in [6.07, 6.45) is 5.71. The molecule has 1 aliphatic heterocycles. The van der Waals surface area contributed by atoms with Gasteiger partial charge in [-0.15, -0.1) is 0 Å². The number of hydrogen-bond donors (Lipinski definition) is 1. The number of methoxy groups -OCH3 is 1. The molecule has 1 saturated heterocycles. The molecule has 0 radical (unpaired) electrons. The monoisotopic (exact) mass is 283 g/mol. The van der Waals surface area contributed by atoms with E-state index >= 15 is 0 Å². The molecule has 114 valence electrons. The standard InChI is InChI=1S/C15H25NO4/c1-20-10-8-15(6-7-15)14(19)16-9-2-3-12(11-16)4-5-13(17)18/h12H,2-11H2,1H3,(H,17,18). The van der Waals surface area contributed by atoms with Crippen molar-refractivity contribution in [2.75, 3.05) is 26.8 Å². The second-order valence-corrected chi connectivity index (χ2v) is 6.21. The van der Waals surface area contributed by atoms with Crippen LogP contribution in [0.3, 0.4) is 0 Å². The Bertz CT molecular complexity index is 365. The average Bonchev–Trinajstić information content (AvgIpc) is 3.23. The summed E-state index contributed by atoms with van der Waals surface area (Å²) in [4.78, 5) is 25.2. The molecule has 1 saturated carbocycles. The summed E-state index contributed by atoms with van der Waals surface area (Å²) in [5, 5.41) is 8.76. The number of piperidine rings is 1. The summed E-state index contributed by atoms with van der Waals surface area (Å²) < 4.78 is 5.11. The van der Waals surface area contributed by atoms with E-state index < -0.39 is 5.97 Å². The lowest BCUT2D eigenvalue weighted by molar-refractivity contribution is -0.139. The molecule has 2 rings (SSSR count). The molecular weight excluding hydrogens is 258 g/mol. The van der Waals surface area contributed by atoms with Gasteiger partial charge in [0.25, 0.3) is 0 Å². The van der Waals surface area contributed by atoms with Crippen LogP contribution in [-0.4, -0.2) is 48.7 Å². The Morgan fingerprint density at radius 1 is 1.40 bits per heavy atom. The van der Waals surface area contributed by atoms with Crippen LogP contribution in [0.1, 0.15) is 44.9 Å². The Labute approximate surface area is 120 Å². The quantitative estimate of drug-likeness (QED) is 0.775. The fourth-order valence-corrected chi connectivity index (χ4v) is 3.17. The molecule has 1 unspecified atom stereocenters. The molecule has 1 heterocycles. The van der Waals surface area contributed by atoms with Gasteiger partial charge in [-0.3, -0.25) is 9.59 Å². The van der Waals surface area contributed by atoms with Crippen molar-refractivity contribution in [3.63, 3.8) is 0 Å². The van der Waals surface area contributed by atoms with Gasteiger partial charge in [-0.05, 0) is 44.4 Å². The minimum atomic E-state index is -0.743. The predicted molar refractivity (Wildman–Crippen MR) is 74.3 cm³/mol. The number of carbonyl (C=O) groups excluding carboxylic acids is 1. The highest BCUT2D eigenvalue weighted by atomic mass is 16.5. The molecular formula is C15H25NO4. The highest BCUT2D eigenvalue weighted by Crippen LogP contribution is 2.50. The third-order valence-electron chi connectivity index (χ3n) is 4.66. The summed E-state index contributed by atoms with van der Waals surface area (Å²) in [5.41, 5.74) is -0.162. The van der Waals surface area contributed by atoms with Gasteiger partial charge in [0.15, 0.2) is 0 Å². The van der Waals surface area contributed by atoms with E-state index in [9.17, 15) is 9.59 Å². The first-order valence-corrected chi connectivity index (χ1v) is 7.57. The number of ether oxygens (including phenoxy) is 1. The second kappa shape index (κ2) is 6.57. The fraction of sp³-hybridized carbons (Fsp3) is 0.867. The van der Waals surface area contributed by atoms with Crippen molar-refractivity contribution in [2.24, 2.45) is 11.3 Å². The summed E-state index contributed by atoms with van der Waals surface area (Å²) in [5.74, 6) is -0.121. The Morgan fingerprint density at radius 3 is 2.75 bits per heavy atom. The molecule has 0 aromatic carbocycles. The molecule has 1 atom stereocenters. The predicted octanol–water partition coefficient (Wildman–Crippen LogP) is 1.91. The Balaban J connectivity index is 1.85. The maximum absolute atomic E-state index is 12.6. The van der Waals surface area contributed by atoms with Crippen LogP contribution in [-0.2, 0) is 14.3 Å². The zero-order valence-corrected chi connectivity index (χ0v) is 12.3. The third kappa shape index (κ3) is 3.72. The molecule has 20 heavy (non-hydrogen) atoms. The highest BCUT2D eigenvalue weighted by molar-refractivity contribution is 5.85. The smallest absolute Gasteiger partial charge is 0.303 e. The lowest BCUT2D eigenvalue weighted by atomic mass is 9.91. The number of likely N-dealkylation sites (tertiary alicyclic amines) is 1. The molecule has 1 N–H and O–H groups in total. The number of carboxylic acids is 1. The Kier molecular flexibility index (Phi) is 5.02.